The lowest BCUT2D eigenvalue weighted by Gasteiger charge is -2.04. The van der Waals surface area contributed by atoms with Crippen LogP contribution in [0.25, 0.3) is 5.69 Å². The van der Waals surface area contributed by atoms with Crippen LogP contribution < -0.4 is 0 Å². The molecule has 2 aromatic rings. The lowest BCUT2D eigenvalue weighted by Crippen LogP contribution is -2.00. The number of hydrogen-bond donors (Lipinski definition) is 1. The molecule has 0 amide bonds. The summed E-state index contributed by atoms with van der Waals surface area (Å²) in [6, 6.07) is 5.73. The summed E-state index contributed by atoms with van der Waals surface area (Å²) in [6.07, 6.45) is 1.33. The van der Waals surface area contributed by atoms with Crippen LogP contribution in [0.5, 0.6) is 0 Å². The van der Waals surface area contributed by atoms with E-state index in [1.54, 1.807) is 19.1 Å². The van der Waals surface area contributed by atoms with Crippen molar-refractivity contribution in [2.45, 2.75) is 11.8 Å². The summed E-state index contributed by atoms with van der Waals surface area (Å²) < 4.78 is 34.1. The first-order valence-corrected chi connectivity index (χ1v) is 5.61. The lowest BCUT2D eigenvalue weighted by molar-refractivity contribution is 0.563. The lowest BCUT2D eigenvalue weighted by atomic mass is 10.3. The molecule has 1 aromatic carbocycles. The van der Waals surface area contributed by atoms with Crippen molar-refractivity contribution < 1.29 is 13.2 Å². The van der Waals surface area contributed by atoms with E-state index in [9.17, 15) is 8.60 Å². The van der Waals surface area contributed by atoms with Crippen LogP contribution in [-0.4, -0.2) is 18.5 Å². The van der Waals surface area contributed by atoms with Gasteiger partial charge in [0.25, 0.3) is 0 Å². The highest BCUT2D eigenvalue weighted by Crippen LogP contribution is 2.16. The van der Waals surface area contributed by atoms with Gasteiger partial charge in [-0.2, -0.15) is 5.10 Å². The van der Waals surface area contributed by atoms with Crippen LogP contribution >= 0.6 is 0 Å². The van der Waals surface area contributed by atoms with Gasteiger partial charge in [-0.15, -0.1) is 0 Å². The number of hydrogen-bond acceptors (Lipinski definition) is 2. The van der Waals surface area contributed by atoms with Crippen LogP contribution in [-0.2, 0) is 11.1 Å². The molecular formula is C10H9FN2O2S. The Bertz CT molecular complexity index is 536. The molecule has 1 N–H and O–H groups in total. The molecule has 6 heteroatoms. The molecule has 84 valence electrons. The Kier molecular flexibility index (Phi) is 2.84. The molecule has 4 nitrogen and oxygen atoms in total. The molecular weight excluding hydrogens is 231 g/mol. The highest BCUT2D eigenvalue weighted by Gasteiger charge is 2.11. The van der Waals surface area contributed by atoms with Gasteiger partial charge in [0.15, 0.2) is 11.1 Å². The van der Waals surface area contributed by atoms with Crippen LogP contribution in [0.15, 0.2) is 35.4 Å². The predicted molar refractivity (Wildman–Crippen MR) is 57.3 cm³/mol. The standard InChI is InChI=1S/C10H9FN2O2S/c1-7-10(16(14)15)6-12-13(7)9-4-2-8(11)3-5-9/h2-6H,1H3,(H,14,15). The van der Waals surface area contributed by atoms with E-state index >= 15 is 0 Å². The van der Waals surface area contributed by atoms with Crippen molar-refractivity contribution in [2.75, 3.05) is 0 Å². The van der Waals surface area contributed by atoms with Crippen molar-refractivity contribution in [3.63, 3.8) is 0 Å². The van der Waals surface area contributed by atoms with Crippen molar-refractivity contribution in [1.82, 2.24) is 9.78 Å². The van der Waals surface area contributed by atoms with E-state index in [4.69, 9.17) is 4.55 Å². The van der Waals surface area contributed by atoms with Crippen LogP contribution in [0, 0.1) is 12.7 Å². The molecule has 1 heterocycles. The van der Waals surface area contributed by atoms with E-state index in [1.165, 1.54) is 23.0 Å². The second kappa shape index (κ2) is 4.15. The third-order valence-electron chi connectivity index (χ3n) is 2.22. The van der Waals surface area contributed by atoms with Crippen molar-refractivity contribution in [1.29, 1.82) is 0 Å². The second-order valence-corrected chi connectivity index (χ2v) is 4.17. The molecule has 0 aliphatic rings. The van der Waals surface area contributed by atoms with Gasteiger partial charge in [-0.25, -0.2) is 13.3 Å². The van der Waals surface area contributed by atoms with Crippen LogP contribution in [0.2, 0.25) is 0 Å². The summed E-state index contributed by atoms with van der Waals surface area (Å²) in [6.45, 7) is 1.68. The molecule has 0 saturated carbocycles. The SMILES string of the molecule is Cc1c(S(=O)O)cnn1-c1ccc(F)cc1. The zero-order valence-electron chi connectivity index (χ0n) is 8.42. The molecule has 1 unspecified atom stereocenters. The molecule has 0 bridgehead atoms. The number of halogens is 1. The van der Waals surface area contributed by atoms with E-state index in [1.807, 2.05) is 0 Å². The Hall–Kier alpha value is -1.53. The average molecular weight is 240 g/mol. The zero-order chi connectivity index (χ0) is 11.7. The second-order valence-electron chi connectivity index (χ2n) is 3.23. The minimum Gasteiger partial charge on any atom is -0.302 e. The van der Waals surface area contributed by atoms with Crippen LogP contribution in [0.1, 0.15) is 5.69 Å². The number of benzene rings is 1. The predicted octanol–water partition coefficient (Wildman–Crippen LogP) is 1.90. The minimum absolute atomic E-state index is 0.254. The Morgan fingerprint density at radius 1 is 1.38 bits per heavy atom. The molecule has 2 rings (SSSR count). The molecule has 0 fully saturated rings. The van der Waals surface area contributed by atoms with Gasteiger partial charge in [-0.3, -0.25) is 0 Å². The van der Waals surface area contributed by atoms with Crippen LogP contribution in [0.3, 0.4) is 0 Å². The van der Waals surface area contributed by atoms with Crippen LogP contribution in [0.4, 0.5) is 4.39 Å². The molecule has 16 heavy (non-hydrogen) atoms. The fourth-order valence-electron chi connectivity index (χ4n) is 1.41. The first kappa shape index (κ1) is 11.0. The Labute approximate surface area is 94.0 Å². The third-order valence-corrected chi connectivity index (χ3v) is 3.00. The van der Waals surface area contributed by atoms with E-state index in [2.05, 4.69) is 5.10 Å². The molecule has 1 atom stereocenters. The minimum atomic E-state index is -2.06. The van der Waals surface area contributed by atoms with Crippen molar-refractivity contribution in [3.8, 4) is 5.69 Å². The Balaban J connectivity index is 2.49. The monoisotopic (exact) mass is 240 g/mol. The van der Waals surface area contributed by atoms with Gasteiger partial charge in [0, 0.05) is 0 Å². The number of aromatic nitrogens is 2. The first-order valence-electron chi connectivity index (χ1n) is 4.51. The molecule has 0 spiro atoms. The first-order chi connectivity index (χ1) is 7.59. The third kappa shape index (κ3) is 1.89. The fourth-order valence-corrected chi connectivity index (χ4v) is 1.89. The number of nitrogens with zero attached hydrogens (tertiary/aromatic N) is 2. The Morgan fingerprint density at radius 3 is 2.50 bits per heavy atom. The summed E-state index contributed by atoms with van der Waals surface area (Å²) in [5.74, 6) is -0.334. The maximum Gasteiger partial charge on any atom is 0.190 e. The van der Waals surface area contributed by atoms with E-state index in [-0.39, 0.29) is 10.7 Å². The smallest absolute Gasteiger partial charge is 0.190 e. The van der Waals surface area contributed by atoms with Gasteiger partial charge in [0.1, 0.15) is 10.7 Å². The Morgan fingerprint density at radius 2 is 2.00 bits per heavy atom. The van der Waals surface area contributed by atoms with E-state index in [0.717, 1.165) is 0 Å². The molecule has 0 aliphatic carbocycles. The van der Waals surface area contributed by atoms with E-state index in [0.29, 0.717) is 11.4 Å². The van der Waals surface area contributed by atoms with E-state index < -0.39 is 11.1 Å². The topological polar surface area (TPSA) is 55.1 Å². The van der Waals surface area contributed by atoms with Gasteiger partial charge in [0.2, 0.25) is 0 Å². The maximum absolute atomic E-state index is 12.7. The van der Waals surface area contributed by atoms with Crippen molar-refractivity contribution in [2.24, 2.45) is 0 Å². The average Bonchev–Trinajstić information content (AvgIpc) is 2.61. The van der Waals surface area contributed by atoms with Gasteiger partial charge >= 0.3 is 0 Å². The van der Waals surface area contributed by atoms with Gasteiger partial charge in [-0.1, -0.05) is 0 Å². The molecule has 0 aliphatic heterocycles. The van der Waals surface area contributed by atoms with Crippen molar-refractivity contribution in [3.05, 3.63) is 42.0 Å². The largest absolute Gasteiger partial charge is 0.302 e. The molecule has 0 radical (unpaired) electrons. The fraction of sp³-hybridized carbons (Fsp3) is 0.100. The summed E-state index contributed by atoms with van der Waals surface area (Å²) in [5, 5.41) is 3.98. The number of rotatable bonds is 2. The maximum atomic E-state index is 12.7. The summed E-state index contributed by atoms with van der Waals surface area (Å²) in [5.41, 5.74) is 1.21. The molecule has 0 saturated heterocycles. The highest BCUT2D eigenvalue weighted by atomic mass is 32.2. The summed E-state index contributed by atoms with van der Waals surface area (Å²) in [4.78, 5) is 0.254. The quantitative estimate of drug-likeness (QED) is 0.816. The van der Waals surface area contributed by atoms with Gasteiger partial charge < -0.3 is 4.55 Å². The highest BCUT2D eigenvalue weighted by molar-refractivity contribution is 7.79. The normalized spacial score (nSPS) is 12.7. The molecule has 1 aromatic heterocycles. The van der Waals surface area contributed by atoms with Gasteiger partial charge in [0.05, 0.1) is 17.6 Å². The summed E-state index contributed by atoms with van der Waals surface area (Å²) in [7, 11) is 0. The van der Waals surface area contributed by atoms with Gasteiger partial charge in [-0.05, 0) is 31.2 Å². The van der Waals surface area contributed by atoms with Crippen molar-refractivity contribution >= 4 is 11.1 Å². The summed E-state index contributed by atoms with van der Waals surface area (Å²) >= 11 is -2.06. The zero-order valence-corrected chi connectivity index (χ0v) is 9.24.